The highest BCUT2D eigenvalue weighted by Crippen LogP contribution is 1.73. The van der Waals surface area contributed by atoms with E-state index < -0.39 is 0 Å². The average Bonchev–Trinajstić information content (AvgIpc) is 1.69. The van der Waals surface area contributed by atoms with E-state index in [9.17, 15) is 0 Å². The van der Waals surface area contributed by atoms with E-state index in [1.807, 2.05) is 6.20 Å². The Morgan fingerprint density at radius 2 is 2.14 bits per heavy atom. The van der Waals surface area contributed by atoms with E-state index in [4.69, 9.17) is 0 Å². The molecule has 0 spiro atoms. The third-order valence-electron chi connectivity index (χ3n) is 0.676. The van der Waals surface area contributed by atoms with E-state index in [-0.39, 0.29) is 0 Å². The van der Waals surface area contributed by atoms with Crippen LogP contribution in [-0.4, -0.2) is 6.54 Å². The first kappa shape index (κ1) is 6.54. The molecule has 0 aromatic carbocycles. The molecule has 0 aromatic rings. The Labute approximate surface area is 45.4 Å². The van der Waals surface area contributed by atoms with Crippen LogP contribution in [0.3, 0.4) is 0 Å². The summed E-state index contributed by atoms with van der Waals surface area (Å²) in [5.41, 5.74) is 0. The van der Waals surface area contributed by atoms with Gasteiger partial charge in [-0.25, -0.2) is 0 Å². The molecule has 0 saturated carbocycles. The summed E-state index contributed by atoms with van der Waals surface area (Å²) in [6.07, 6.45) is 5.20. The Bertz CT molecular complexity index is 48.1. The molecule has 0 fully saturated rings. The van der Waals surface area contributed by atoms with Gasteiger partial charge in [0.05, 0.1) is 0 Å². The van der Waals surface area contributed by atoms with E-state index in [1.54, 1.807) is 0 Å². The normalized spacial score (nSPS) is 10.0. The number of hydrogen-bond donors (Lipinski definition) is 1. The van der Waals surface area contributed by atoms with Gasteiger partial charge < -0.3 is 5.32 Å². The summed E-state index contributed by atoms with van der Waals surface area (Å²) >= 11 is 0. The second kappa shape index (κ2) is 5.54. The van der Waals surface area contributed by atoms with E-state index in [0.717, 1.165) is 13.0 Å². The SMILES string of the molecule is CC/C=C/NCC. The molecular formula is C6H13N. The zero-order valence-corrected chi connectivity index (χ0v) is 5.07. The molecule has 0 heterocycles. The molecule has 0 unspecified atom stereocenters. The fraction of sp³-hybridized carbons (Fsp3) is 0.667. The second-order valence-corrected chi connectivity index (χ2v) is 1.37. The smallest absolute Gasteiger partial charge is 0.0112 e. The third kappa shape index (κ3) is 5.54. The van der Waals surface area contributed by atoms with Crippen molar-refractivity contribution in [3.63, 3.8) is 0 Å². The van der Waals surface area contributed by atoms with Crippen LogP contribution in [0.25, 0.3) is 0 Å². The molecule has 0 aliphatic carbocycles. The van der Waals surface area contributed by atoms with Crippen molar-refractivity contribution in [3.05, 3.63) is 12.3 Å². The van der Waals surface area contributed by atoms with Gasteiger partial charge in [-0.1, -0.05) is 13.0 Å². The lowest BCUT2D eigenvalue weighted by molar-refractivity contribution is 0.912. The van der Waals surface area contributed by atoms with Gasteiger partial charge in [0.15, 0.2) is 0 Å². The maximum Gasteiger partial charge on any atom is 0.0112 e. The molecule has 0 aromatic heterocycles. The van der Waals surface area contributed by atoms with E-state index >= 15 is 0 Å². The maximum absolute atomic E-state index is 3.07. The van der Waals surface area contributed by atoms with Crippen LogP contribution in [0.15, 0.2) is 12.3 Å². The van der Waals surface area contributed by atoms with Crippen LogP contribution in [-0.2, 0) is 0 Å². The summed E-state index contributed by atoms with van der Waals surface area (Å²) in [6, 6.07) is 0. The summed E-state index contributed by atoms with van der Waals surface area (Å²) in [7, 11) is 0. The van der Waals surface area contributed by atoms with Crippen molar-refractivity contribution in [2.75, 3.05) is 6.54 Å². The van der Waals surface area contributed by atoms with Gasteiger partial charge >= 0.3 is 0 Å². The fourth-order valence-electron chi connectivity index (χ4n) is 0.319. The minimum Gasteiger partial charge on any atom is -0.391 e. The highest BCUT2D eigenvalue weighted by atomic mass is 14.8. The lowest BCUT2D eigenvalue weighted by Gasteiger charge is -1.87. The molecule has 1 N–H and O–H groups in total. The Hall–Kier alpha value is -0.460. The average molecular weight is 99.2 g/mol. The molecule has 0 amide bonds. The van der Waals surface area contributed by atoms with Gasteiger partial charge in [0.1, 0.15) is 0 Å². The predicted molar refractivity (Wildman–Crippen MR) is 33.1 cm³/mol. The van der Waals surface area contributed by atoms with Gasteiger partial charge in [-0.3, -0.25) is 0 Å². The fourth-order valence-corrected chi connectivity index (χ4v) is 0.319. The van der Waals surface area contributed by atoms with Crippen molar-refractivity contribution < 1.29 is 0 Å². The molecule has 0 atom stereocenters. The van der Waals surface area contributed by atoms with Gasteiger partial charge in [0.25, 0.3) is 0 Å². The van der Waals surface area contributed by atoms with Crippen molar-refractivity contribution in [3.8, 4) is 0 Å². The summed E-state index contributed by atoms with van der Waals surface area (Å²) < 4.78 is 0. The van der Waals surface area contributed by atoms with Crippen molar-refractivity contribution in [1.29, 1.82) is 0 Å². The number of allylic oxidation sites excluding steroid dienone is 1. The Kier molecular flexibility index (Phi) is 5.18. The van der Waals surface area contributed by atoms with Crippen molar-refractivity contribution in [1.82, 2.24) is 5.32 Å². The van der Waals surface area contributed by atoms with Gasteiger partial charge in [-0.2, -0.15) is 0 Å². The lowest BCUT2D eigenvalue weighted by atomic mass is 10.5. The monoisotopic (exact) mass is 99.1 g/mol. The number of nitrogens with one attached hydrogen (secondary N) is 1. The van der Waals surface area contributed by atoms with Crippen LogP contribution in [0.2, 0.25) is 0 Å². The van der Waals surface area contributed by atoms with E-state index in [1.165, 1.54) is 0 Å². The van der Waals surface area contributed by atoms with Gasteiger partial charge in [-0.05, 0) is 19.5 Å². The van der Waals surface area contributed by atoms with Crippen LogP contribution >= 0.6 is 0 Å². The molecule has 1 heteroatoms. The molecule has 0 rings (SSSR count). The first-order chi connectivity index (χ1) is 3.41. The van der Waals surface area contributed by atoms with Crippen LogP contribution in [0.5, 0.6) is 0 Å². The topological polar surface area (TPSA) is 12.0 Å². The minimum atomic E-state index is 1.02. The molecule has 0 saturated heterocycles. The molecular weight excluding hydrogens is 86.1 g/mol. The van der Waals surface area contributed by atoms with Crippen LogP contribution in [0.4, 0.5) is 0 Å². The predicted octanol–water partition coefficient (Wildman–Crippen LogP) is 1.52. The molecule has 42 valence electrons. The molecule has 7 heavy (non-hydrogen) atoms. The third-order valence-corrected chi connectivity index (χ3v) is 0.676. The van der Waals surface area contributed by atoms with Crippen LogP contribution in [0.1, 0.15) is 20.3 Å². The minimum absolute atomic E-state index is 1.02. The zero-order valence-electron chi connectivity index (χ0n) is 5.07. The second-order valence-electron chi connectivity index (χ2n) is 1.37. The maximum atomic E-state index is 3.07. The first-order valence-corrected chi connectivity index (χ1v) is 2.80. The van der Waals surface area contributed by atoms with Crippen molar-refractivity contribution in [2.45, 2.75) is 20.3 Å². The van der Waals surface area contributed by atoms with Crippen molar-refractivity contribution >= 4 is 0 Å². The largest absolute Gasteiger partial charge is 0.391 e. The molecule has 0 bridgehead atoms. The summed E-state index contributed by atoms with van der Waals surface area (Å²) in [5, 5.41) is 3.07. The highest BCUT2D eigenvalue weighted by molar-refractivity contribution is 4.76. The van der Waals surface area contributed by atoms with Gasteiger partial charge in [0, 0.05) is 6.54 Å². The van der Waals surface area contributed by atoms with Crippen LogP contribution in [0, 0.1) is 0 Å². The van der Waals surface area contributed by atoms with E-state index in [0.29, 0.717) is 0 Å². The summed E-state index contributed by atoms with van der Waals surface area (Å²) in [4.78, 5) is 0. The highest BCUT2D eigenvalue weighted by Gasteiger charge is 1.63. The Morgan fingerprint density at radius 3 is 2.57 bits per heavy atom. The lowest BCUT2D eigenvalue weighted by Crippen LogP contribution is -2.00. The molecule has 0 radical (unpaired) electrons. The first-order valence-electron chi connectivity index (χ1n) is 2.80. The van der Waals surface area contributed by atoms with Crippen LogP contribution < -0.4 is 5.32 Å². The number of rotatable bonds is 3. The number of hydrogen-bond acceptors (Lipinski definition) is 1. The Morgan fingerprint density at radius 1 is 1.43 bits per heavy atom. The van der Waals surface area contributed by atoms with Gasteiger partial charge in [0.2, 0.25) is 0 Å². The summed E-state index contributed by atoms with van der Waals surface area (Å²) in [6.45, 7) is 5.23. The quantitative estimate of drug-likeness (QED) is 0.565. The molecule has 0 aliphatic heterocycles. The molecule has 1 nitrogen and oxygen atoms in total. The standard InChI is InChI=1S/C6H13N/c1-3-5-6-7-4-2/h5-7H,3-4H2,1-2H3/b6-5+. The van der Waals surface area contributed by atoms with Gasteiger partial charge in [-0.15, -0.1) is 0 Å². The van der Waals surface area contributed by atoms with E-state index in [2.05, 4.69) is 25.2 Å². The summed E-state index contributed by atoms with van der Waals surface area (Å²) in [5.74, 6) is 0. The van der Waals surface area contributed by atoms with Crippen molar-refractivity contribution in [2.24, 2.45) is 0 Å². The Balaban J connectivity index is 2.78. The molecule has 0 aliphatic rings. The zero-order chi connectivity index (χ0) is 5.54.